The number of rotatable bonds is 4. The molecule has 2 atom stereocenters. The minimum Gasteiger partial charge on any atom is -0.376 e. The van der Waals surface area contributed by atoms with Gasteiger partial charge in [0.05, 0.1) is 10.9 Å². The molecule has 1 amide bonds. The van der Waals surface area contributed by atoms with E-state index in [2.05, 4.69) is 21.2 Å². The number of carbonyl (C=O) groups is 1. The van der Waals surface area contributed by atoms with Crippen LogP contribution in [0.4, 0.5) is 0 Å². The van der Waals surface area contributed by atoms with E-state index in [9.17, 15) is 4.79 Å². The molecule has 0 unspecified atom stereocenters. The fourth-order valence-corrected chi connectivity index (χ4v) is 1.48. The average molecular weight is 250 g/mol. The van der Waals surface area contributed by atoms with Gasteiger partial charge in [-0.1, -0.05) is 22.9 Å². The molecule has 0 aliphatic carbocycles. The second kappa shape index (κ2) is 5.60. The van der Waals surface area contributed by atoms with Gasteiger partial charge < -0.3 is 10.1 Å². The molecule has 4 heteroatoms. The molecule has 0 saturated carbocycles. The fraction of sp³-hybridized carbons (Fsp3) is 0.889. The van der Waals surface area contributed by atoms with Gasteiger partial charge >= 0.3 is 0 Å². The molecule has 0 aromatic carbocycles. The van der Waals surface area contributed by atoms with Gasteiger partial charge in [0, 0.05) is 13.2 Å². The van der Waals surface area contributed by atoms with Gasteiger partial charge in [-0.2, -0.15) is 0 Å². The van der Waals surface area contributed by atoms with Gasteiger partial charge in [-0.15, -0.1) is 0 Å². The van der Waals surface area contributed by atoms with E-state index in [-0.39, 0.29) is 16.8 Å². The number of carbonyl (C=O) groups excluding carboxylic acids is 1. The number of hydrogen-bond acceptors (Lipinski definition) is 2. The van der Waals surface area contributed by atoms with Crippen molar-refractivity contribution in [3.05, 3.63) is 0 Å². The molecule has 0 aromatic heterocycles. The van der Waals surface area contributed by atoms with Crippen molar-refractivity contribution < 1.29 is 9.53 Å². The molecule has 0 spiro atoms. The van der Waals surface area contributed by atoms with E-state index >= 15 is 0 Å². The molecule has 1 aliphatic heterocycles. The summed E-state index contributed by atoms with van der Waals surface area (Å²) in [7, 11) is 0. The predicted molar refractivity (Wildman–Crippen MR) is 55.0 cm³/mol. The monoisotopic (exact) mass is 249 g/mol. The SMILES string of the molecule is CC[C@H](Br)C(=O)NC[C@@H]1CCCO1. The van der Waals surface area contributed by atoms with Crippen molar-refractivity contribution in [1.29, 1.82) is 0 Å². The van der Waals surface area contributed by atoms with Crippen molar-refractivity contribution in [2.75, 3.05) is 13.2 Å². The van der Waals surface area contributed by atoms with Crippen molar-refractivity contribution in [1.82, 2.24) is 5.32 Å². The minimum absolute atomic E-state index is 0.0612. The van der Waals surface area contributed by atoms with Crippen LogP contribution in [0.15, 0.2) is 0 Å². The van der Waals surface area contributed by atoms with Crippen LogP contribution in [-0.4, -0.2) is 30.0 Å². The molecule has 1 saturated heterocycles. The maximum Gasteiger partial charge on any atom is 0.233 e. The van der Waals surface area contributed by atoms with Crippen LogP contribution in [0.25, 0.3) is 0 Å². The third-order valence-corrected chi connectivity index (χ3v) is 3.23. The summed E-state index contributed by atoms with van der Waals surface area (Å²) in [4.78, 5) is 11.3. The first-order valence-corrected chi connectivity index (χ1v) is 5.69. The van der Waals surface area contributed by atoms with Gasteiger partial charge in [0.1, 0.15) is 0 Å². The highest BCUT2D eigenvalue weighted by atomic mass is 79.9. The summed E-state index contributed by atoms with van der Waals surface area (Å²) in [6, 6.07) is 0. The van der Waals surface area contributed by atoms with Crippen LogP contribution >= 0.6 is 15.9 Å². The number of nitrogens with one attached hydrogen (secondary N) is 1. The smallest absolute Gasteiger partial charge is 0.233 e. The normalized spacial score (nSPS) is 24.3. The standard InChI is InChI=1S/C9H16BrNO2/c1-2-8(10)9(12)11-6-7-4-3-5-13-7/h7-8H,2-6H2,1H3,(H,11,12)/t7-,8-/m0/s1. The van der Waals surface area contributed by atoms with Crippen LogP contribution in [0.1, 0.15) is 26.2 Å². The van der Waals surface area contributed by atoms with Crippen molar-refractivity contribution in [3.63, 3.8) is 0 Å². The first-order chi connectivity index (χ1) is 6.24. The minimum atomic E-state index is -0.0612. The van der Waals surface area contributed by atoms with Crippen LogP contribution in [0.2, 0.25) is 0 Å². The zero-order valence-electron chi connectivity index (χ0n) is 7.88. The van der Waals surface area contributed by atoms with Gasteiger partial charge in [-0.3, -0.25) is 4.79 Å². The highest BCUT2D eigenvalue weighted by molar-refractivity contribution is 9.10. The highest BCUT2D eigenvalue weighted by Crippen LogP contribution is 2.11. The Bertz CT molecular complexity index is 169. The Morgan fingerprint density at radius 1 is 1.77 bits per heavy atom. The molecule has 1 rings (SSSR count). The van der Waals surface area contributed by atoms with Crippen LogP contribution in [0, 0.1) is 0 Å². The molecular weight excluding hydrogens is 234 g/mol. The van der Waals surface area contributed by atoms with E-state index in [0.29, 0.717) is 6.54 Å². The summed E-state index contributed by atoms with van der Waals surface area (Å²) < 4.78 is 5.39. The lowest BCUT2D eigenvalue weighted by Crippen LogP contribution is -2.36. The van der Waals surface area contributed by atoms with Crippen molar-refractivity contribution in [2.24, 2.45) is 0 Å². The second-order valence-corrected chi connectivity index (χ2v) is 4.36. The van der Waals surface area contributed by atoms with Crippen LogP contribution in [-0.2, 0) is 9.53 Å². The number of alkyl halides is 1. The molecule has 3 nitrogen and oxygen atoms in total. The number of halogens is 1. The van der Waals surface area contributed by atoms with Gasteiger partial charge in [-0.25, -0.2) is 0 Å². The summed E-state index contributed by atoms with van der Waals surface area (Å²) in [5.74, 6) is 0.0676. The molecular formula is C9H16BrNO2. The third kappa shape index (κ3) is 3.65. The van der Waals surface area contributed by atoms with Crippen molar-refractivity contribution >= 4 is 21.8 Å². The summed E-state index contributed by atoms with van der Waals surface area (Å²) in [5.41, 5.74) is 0. The van der Waals surface area contributed by atoms with Crippen molar-refractivity contribution in [2.45, 2.75) is 37.1 Å². The quantitative estimate of drug-likeness (QED) is 0.767. The Kier molecular flexibility index (Phi) is 4.73. The summed E-state index contributed by atoms with van der Waals surface area (Å²) in [5, 5.41) is 2.86. The Labute approximate surface area is 87.3 Å². The molecule has 1 fully saturated rings. The van der Waals surface area contributed by atoms with E-state index in [1.807, 2.05) is 6.92 Å². The highest BCUT2D eigenvalue weighted by Gasteiger charge is 2.18. The summed E-state index contributed by atoms with van der Waals surface area (Å²) >= 11 is 3.30. The fourth-order valence-electron chi connectivity index (χ4n) is 1.32. The molecule has 1 heterocycles. The topological polar surface area (TPSA) is 38.3 Å². The van der Waals surface area contributed by atoms with E-state index < -0.39 is 0 Å². The number of hydrogen-bond donors (Lipinski definition) is 1. The molecule has 1 aliphatic rings. The Balaban J connectivity index is 2.13. The zero-order chi connectivity index (χ0) is 9.68. The molecule has 13 heavy (non-hydrogen) atoms. The van der Waals surface area contributed by atoms with E-state index in [0.717, 1.165) is 25.9 Å². The summed E-state index contributed by atoms with van der Waals surface area (Å²) in [6.07, 6.45) is 3.24. The molecule has 1 N–H and O–H groups in total. The van der Waals surface area contributed by atoms with E-state index in [1.54, 1.807) is 0 Å². The van der Waals surface area contributed by atoms with Crippen molar-refractivity contribution in [3.8, 4) is 0 Å². The van der Waals surface area contributed by atoms with Crippen LogP contribution < -0.4 is 5.32 Å². The maximum absolute atomic E-state index is 11.3. The van der Waals surface area contributed by atoms with Gasteiger partial charge in [0.25, 0.3) is 0 Å². The Hall–Kier alpha value is -0.0900. The number of ether oxygens (including phenoxy) is 1. The number of amides is 1. The Morgan fingerprint density at radius 2 is 2.54 bits per heavy atom. The Morgan fingerprint density at radius 3 is 3.08 bits per heavy atom. The van der Waals surface area contributed by atoms with Gasteiger partial charge in [0.15, 0.2) is 0 Å². The zero-order valence-corrected chi connectivity index (χ0v) is 9.47. The van der Waals surface area contributed by atoms with Crippen LogP contribution in [0.3, 0.4) is 0 Å². The average Bonchev–Trinajstić information content (AvgIpc) is 2.65. The lowest BCUT2D eigenvalue weighted by atomic mass is 10.2. The first-order valence-electron chi connectivity index (χ1n) is 4.77. The lowest BCUT2D eigenvalue weighted by Gasteiger charge is -2.12. The predicted octanol–water partition coefficient (Wildman–Crippen LogP) is 1.46. The van der Waals surface area contributed by atoms with Gasteiger partial charge in [-0.05, 0) is 19.3 Å². The molecule has 0 aromatic rings. The maximum atomic E-state index is 11.3. The lowest BCUT2D eigenvalue weighted by molar-refractivity contribution is -0.121. The van der Waals surface area contributed by atoms with Crippen LogP contribution in [0.5, 0.6) is 0 Å². The second-order valence-electron chi connectivity index (χ2n) is 3.26. The van der Waals surface area contributed by atoms with E-state index in [1.165, 1.54) is 0 Å². The first kappa shape index (κ1) is 11.0. The molecule has 76 valence electrons. The molecule has 0 bridgehead atoms. The van der Waals surface area contributed by atoms with Gasteiger partial charge in [0.2, 0.25) is 5.91 Å². The molecule has 0 radical (unpaired) electrons. The largest absolute Gasteiger partial charge is 0.376 e. The third-order valence-electron chi connectivity index (χ3n) is 2.17. The summed E-state index contributed by atoms with van der Waals surface area (Å²) in [6.45, 7) is 3.47. The van der Waals surface area contributed by atoms with E-state index in [4.69, 9.17) is 4.74 Å².